The Kier molecular flexibility index (Phi) is 6.36. The molecule has 7 heteroatoms. The Morgan fingerprint density at radius 2 is 1.82 bits per heavy atom. The number of hydrogen-bond acceptors (Lipinski definition) is 4. The highest BCUT2D eigenvalue weighted by Gasteiger charge is 2.28. The molecule has 2 aromatic rings. The number of rotatable bonds is 6. The summed E-state index contributed by atoms with van der Waals surface area (Å²) in [5.74, 6) is 0.820. The lowest BCUT2D eigenvalue weighted by molar-refractivity contribution is 0.102. The quantitative estimate of drug-likeness (QED) is 0.798. The molecule has 0 aromatic heterocycles. The van der Waals surface area contributed by atoms with Crippen LogP contribution in [0.2, 0.25) is 0 Å². The van der Waals surface area contributed by atoms with Crippen LogP contribution in [-0.2, 0) is 10.0 Å². The molecule has 1 N–H and O–H groups in total. The maximum Gasteiger partial charge on any atom is 0.255 e. The minimum atomic E-state index is -3.50. The molecule has 1 aliphatic heterocycles. The van der Waals surface area contributed by atoms with Crippen molar-refractivity contribution in [2.75, 3.05) is 25.0 Å². The predicted molar refractivity (Wildman–Crippen MR) is 109 cm³/mol. The van der Waals surface area contributed by atoms with E-state index in [-0.39, 0.29) is 10.8 Å². The Bertz CT molecular complexity index is 908. The van der Waals surface area contributed by atoms with Gasteiger partial charge in [-0.2, -0.15) is 4.31 Å². The summed E-state index contributed by atoms with van der Waals surface area (Å²) < 4.78 is 32.5. The summed E-state index contributed by atoms with van der Waals surface area (Å²) in [6.07, 6.45) is 1.94. The van der Waals surface area contributed by atoms with Gasteiger partial charge in [0.2, 0.25) is 10.0 Å². The van der Waals surface area contributed by atoms with Gasteiger partial charge in [0.1, 0.15) is 5.75 Å². The van der Waals surface area contributed by atoms with Crippen molar-refractivity contribution in [2.24, 2.45) is 5.92 Å². The van der Waals surface area contributed by atoms with Gasteiger partial charge in [-0.15, -0.1) is 0 Å². The van der Waals surface area contributed by atoms with Crippen LogP contribution in [0.25, 0.3) is 0 Å². The Labute approximate surface area is 166 Å². The molecule has 3 rings (SSSR count). The standard InChI is InChI=1S/C21H26N2O4S/c1-3-27-19-10-6-17(7-11-19)21(24)22-18-8-12-20(13-9-18)28(25,26)23-14-4-5-16(2)15-23/h6-13,16H,3-5,14-15H2,1-2H3,(H,22,24). The summed E-state index contributed by atoms with van der Waals surface area (Å²) in [6, 6.07) is 13.2. The molecule has 0 saturated carbocycles. The minimum absolute atomic E-state index is 0.251. The molecule has 0 bridgehead atoms. The van der Waals surface area contributed by atoms with E-state index in [1.165, 1.54) is 0 Å². The van der Waals surface area contributed by atoms with E-state index in [0.717, 1.165) is 12.8 Å². The summed E-state index contributed by atoms with van der Waals surface area (Å²) >= 11 is 0. The van der Waals surface area contributed by atoms with Gasteiger partial charge in [-0.1, -0.05) is 6.92 Å². The maximum absolute atomic E-state index is 12.8. The third-order valence-electron chi connectivity index (χ3n) is 4.80. The van der Waals surface area contributed by atoms with Crippen LogP contribution in [0.4, 0.5) is 5.69 Å². The first-order valence-corrected chi connectivity index (χ1v) is 11.0. The van der Waals surface area contributed by atoms with Crippen LogP contribution in [0, 0.1) is 5.92 Å². The third-order valence-corrected chi connectivity index (χ3v) is 6.68. The normalized spacial score (nSPS) is 17.9. The van der Waals surface area contributed by atoms with Gasteiger partial charge >= 0.3 is 0 Å². The fourth-order valence-corrected chi connectivity index (χ4v) is 4.89. The maximum atomic E-state index is 12.8. The van der Waals surface area contributed by atoms with Crippen LogP contribution in [0.3, 0.4) is 0 Å². The summed E-state index contributed by atoms with van der Waals surface area (Å²) in [5, 5.41) is 2.79. The molecule has 1 fully saturated rings. The first-order valence-electron chi connectivity index (χ1n) is 9.54. The van der Waals surface area contributed by atoms with Crippen molar-refractivity contribution >= 4 is 21.6 Å². The number of nitrogens with zero attached hydrogens (tertiary/aromatic N) is 1. The number of anilines is 1. The first kappa shape index (κ1) is 20.4. The zero-order valence-corrected chi connectivity index (χ0v) is 17.0. The summed E-state index contributed by atoms with van der Waals surface area (Å²) in [5.41, 5.74) is 1.05. The fraction of sp³-hybridized carbons (Fsp3) is 0.381. The van der Waals surface area contributed by atoms with Crippen molar-refractivity contribution in [3.63, 3.8) is 0 Å². The Morgan fingerprint density at radius 3 is 2.43 bits per heavy atom. The molecular formula is C21H26N2O4S. The zero-order valence-electron chi connectivity index (χ0n) is 16.2. The second kappa shape index (κ2) is 8.75. The van der Waals surface area contributed by atoms with Crippen molar-refractivity contribution in [1.82, 2.24) is 4.31 Å². The highest BCUT2D eigenvalue weighted by Crippen LogP contribution is 2.24. The van der Waals surface area contributed by atoms with E-state index >= 15 is 0 Å². The van der Waals surface area contributed by atoms with Crippen molar-refractivity contribution < 1.29 is 17.9 Å². The summed E-state index contributed by atoms with van der Waals surface area (Å²) in [6.45, 7) is 5.65. The number of hydrogen-bond donors (Lipinski definition) is 1. The fourth-order valence-electron chi connectivity index (χ4n) is 3.30. The molecule has 0 radical (unpaired) electrons. The second-order valence-electron chi connectivity index (χ2n) is 7.05. The Hall–Kier alpha value is -2.38. The average molecular weight is 403 g/mol. The molecule has 1 saturated heterocycles. The SMILES string of the molecule is CCOc1ccc(C(=O)Nc2ccc(S(=O)(=O)N3CCCC(C)C3)cc2)cc1. The van der Waals surface area contributed by atoms with Crippen molar-refractivity contribution in [3.8, 4) is 5.75 Å². The van der Waals surface area contributed by atoms with Crippen LogP contribution < -0.4 is 10.1 Å². The number of piperidine rings is 1. The van der Waals surface area contributed by atoms with Crippen molar-refractivity contribution in [1.29, 1.82) is 0 Å². The van der Waals surface area contributed by atoms with Crippen molar-refractivity contribution in [3.05, 3.63) is 54.1 Å². The highest BCUT2D eigenvalue weighted by molar-refractivity contribution is 7.89. The van der Waals surface area contributed by atoms with Crippen LogP contribution in [-0.4, -0.2) is 38.3 Å². The van der Waals surface area contributed by atoms with Gasteiger partial charge in [0, 0.05) is 24.3 Å². The van der Waals surface area contributed by atoms with E-state index in [0.29, 0.717) is 42.6 Å². The Morgan fingerprint density at radius 1 is 1.14 bits per heavy atom. The first-order chi connectivity index (χ1) is 13.4. The molecule has 1 aliphatic rings. The van der Waals surface area contributed by atoms with E-state index in [1.807, 2.05) is 6.92 Å². The number of carbonyl (C=O) groups is 1. The van der Waals surface area contributed by atoms with Gasteiger partial charge in [-0.25, -0.2) is 8.42 Å². The minimum Gasteiger partial charge on any atom is -0.494 e. The Balaban J connectivity index is 1.67. The average Bonchev–Trinajstić information content (AvgIpc) is 2.69. The van der Waals surface area contributed by atoms with E-state index in [1.54, 1.807) is 52.8 Å². The van der Waals surface area contributed by atoms with E-state index < -0.39 is 10.0 Å². The summed E-state index contributed by atoms with van der Waals surface area (Å²) in [4.78, 5) is 12.6. The molecular weight excluding hydrogens is 376 g/mol. The molecule has 1 amide bonds. The predicted octanol–water partition coefficient (Wildman–Crippen LogP) is 3.76. The molecule has 1 heterocycles. The van der Waals surface area contributed by atoms with Gasteiger partial charge in [-0.05, 0) is 74.2 Å². The molecule has 1 unspecified atom stereocenters. The van der Waals surface area contributed by atoms with E-state index in [4.69, 9.17) is 4.74 Å². The van der Waals surface area contributed by atoms with Crippen LogP contribution in [0.5, 0.6) is 5.75 Å². The van der Waals surface area contributed by atoms with E-state index in [9.17, 15) is 13.2 Å². The molecule has 2 aromatic carbocycles. The lowest BCUT2D eigenvalue weighted by Crippen LogP contribution is -2.39. The number of ether oxygens (including phenoxy) is 1. The second-order valence-corrected chi connectivity index (χ2v) is 8.98. The van der Waals surface area contributed by atoms with Crippen LogP contribution in [0.1, 0.15) is 37.0 Å². The van der Waals surface area contributed by atoms with Crippen LogP contribution >= 0.6 is 0 Å². The lowest BCUT2D eigenvalue weighted by Gasteiger charge is -2.30. The molecule has 1 atom stereocenters. The van der Waals surface area contributed by atoms with Gasteiger partial charge in [0.15, 0.2) is 0 Å². The summed E-state index contributed by atoms with van der Waals surface area (Å²) in [7, 11) is -3.50. The number of carbonyl (C=O) groups excluding carboxylic acids is 1. The molecule has 28 heavy (non-hydrogen) atoms. The zero-order chi connectivity index (χ0) is 20.1. The number of benzene rings is 2. The largest absolute Gasteiger partial charge is 0.494 e. The van der Waals surface area contributed by atoms with Crippen LogP contribution in [0.15, 0.2) is 53.4 Å². The third kappa shape index (κ3) is 4.72. The molecule has 0 aliphatic carbocycles. The molecule has 6 nitrogen and oxygen atoms in total. The number of amides is 1. The van der Waals surface area contributed by atoms with Gasteiger partial charge in [0.05, 0.1) is 11.5 Å². The molecule has 150 valence electrons. The van der Waals surface area contributed by atoms with E-state index in [2.05, 4.69) is 12.2 Å². The van der Waals surface area contributed by atoms with Crippen molar-refractivity contribution in [2.45, 2.75) is 31.6 Å². The molecule has 0 spiro atoms. The smallest absolute Gasteiger partial charge is 0.255 e. The van der Waals surface area contributed by atoms with Gasteiger partial charge in [0.25, 0.3) is 5.91 Å². The number of nitrogens with one attached hydrogen (secondary N) is 1. The topological polar surface area (TPSA) is 75.7 Å². The van der Waals surface area contributed by atoms with Gasteiger partial charge in [-0.3, -0.25) is 4.79 Å². The van der Waals surface area contributed by atoms with Gasteiger partial charge < -0.3 is 10.1 Å². The number of sulfonamides is 1. The lowest BCUT2D eigenvalue weighted by atomic mass is 10.0. The monoisotopic (exact) mass is 402 g/mol. The highest BCUT2D eigenvalue weighted by atomic mass is 32.2.